The second-order valence-electron chi connectivity index (χ2n) is 1.38. The first-order valence-electron chi connectivity index (χ1n) is 2.39. The molecule has 0 N–H and O–H groups in total. The normalized spacial score (nSPS) is 19.0. The minimum absolute atomic E-state index is 0.0139. The Balaban J connectivity index is 2.22. The van der Waals surface area contributed by atoms with Crippen LogP contribution in [-0.4, -0.2) is 6.29 Å². The molecule has 1 aliphatic heterocycles. The first-order valence-corrected chi connectivity index (χ1v) is 2.39. The van der Waals surface area contributed by atoms with E-state index >= 15 is 0 Å². The number of rotatable bonds is 1. The van der Waals surface area contributed by atoms with Crippen molar-refractivity contribution in [1.29, 1.82) is 0 Å². The first-order chi connectivity index (χ1) is 3.43. The molecular formula is C5H8O2. The summed E-state index contributed by atoms with van der Waals surface area (Å²) in [4.78, 5) is 0. The lowest BCUT2D eigenvalue weighted by Crippen LogP contribution is -2.03. The summed E-state index contributed by atoms with van der Waals surface area (Å²) in [6.45, 7) is 2.01. The summed E-state index contributed by atoms with van der Waals surface area (Å²) < 4.78 is 9.80. The lowest BCUT2D eigenvalue weighted by Gasteiger charge is -2.03. The fraction of sp³-hybridized carbons (Fsp3) is 0.600. The average molecular weight is 100 g/mol. The second-order valence-corrected chi connectivity index (χ2v) is 1.38. The van der Waals surface area contributed by atoms with Gasteiger partial charge in [0.25, 0.3) is 0 Å². The van der Waals surface area contributed by atoms with Crippen LogP contribution >= 0.6 is 0 Å². The van der Waals surface area contributed by atoms with Gasteiger partial charge in [-0.05, 0) is 0 Å². The van der Waals surface area contributed by atoms with Crippen molar-refractivity contribution in [2.75, 3.05) is 0 Å². The van der Waals surface area contributed by atoms with Gasteiger partial charge in [-0.3, -0.25) is 0 Å². The zero-order chi connectivity index (χ0) is 5.11. The highest BCUT2D eigenvalue weighted by atomic mass is 16.7. The van der Waals surface area contributed by atoms with E-state index in [-0.39, 0.29) is 6.29 Å². The molecule has 1 rings (SSSR count). The Kier molecular flexibility index (Phi) is 1.20. The molecule has 0 saturated heterocycles. The molecule has 0 bridgehead atoms. The monoisotopic (exact) mass is 100 g/mol. The van der Waals surface area contributed by atoms with E-state index in [0.717, 1.165) is 6.42 Å². The van der Waals surface area contributed by atoms with Crippen LogP contribution in [0.15, 0.2) is 12.5 Å². The van der Waals surface area contributed by atoms with Crippen LogP contribution in [-0.2, 0) is 9.47 Å². The van der Waals surface area contributed by atoms with Gasteiger partial charge in [0.1, 0.15) is 12.5 Å². The average Bonchev–Trinajstić information content (AvgIpc) is 2.14. The van der Waals surface area contributed by atoms with Gasteiger partial charge in [0.05, 0.1) is 0 Å². The van der Waals surface area contributed by atoms with Crippen molar-refractivity contribution in [2.45, 2.75) is 19.6 Å². The van der Waals surface area contributed by atoms with Gasteiger partial charge in [-0.2, -0.15) is 0 Å². The Labute approximate surface area is 42.7 Å². The Morgan fingerprint density at radius 1 is 1.43 bits per heavy atom. The number of hydrogen-bond donors (Lipinski definition) is 0. The van der Waals surface area contributed by atoms with E-state index in [2.05, 4.69) is 0 Å². The summed E-state index contributed by atoms with van der Waals surface area (Å²) in [5.41, 5.74) is 0. The van der Waals surface area contributed by atoms with E-state index in [1.807, 2.05) is 6.92 Å². The van der Waals surface area contributed by atoms with Crippen molar-refractivity contribution >= 4 is 0 Å². The summed E-state index contributed by atoms with van der Waals surface area (Å²) in [6, 6.07) is 0. The van der Waals surface area contributed by atoms with Crippen molar-refractivity contribution in [2.24, 2.45) is 0 Å². The predicted molar refractivity (Wildman–Crippen MR) is 25.4 cm³/mol. The van der Waals surface area contributed by atoms with Gasteiger partial charge >= 0.3 is 0 Å². The van der Waals surface area contributed by atoms with Crippen LogP contribution in [0.4, 0.5) is 0 Å². The summed E-state index contributed by atoms with van der Waals surface area (Å²) >= 11 is 0. The summed E-state index contributed by atoms with van der Waals surface area (Å²) in [7, 11) is 0. The third kappa shape index (κ3) is 0.856. The molecule has 1 heterocycles. The molecule has 0 spiro atoms. The molecule has 2 heteroatoms. The van der Waals surface area contributed by atoms with E-state index in [1.54, 1.807) is 12.5 Å². The van der Waals surface area contributed by atoms with Gasteiger partial charge in [0.2, 0.25) is 6.29 Å². The smallest absolute Gasteiger partial charge is 0.239 e. The molecule has 0 fully saturated rings. The maximum absolute atomic E-state index is 4.90. The molecule has 2 nitrogen and oxygen atoms in total. The van der Waals surface area contributed by atoms with Gasteiger partial charge in [-0.15, -0.1) is 0 Å². The number of hydrogen-bond acceptors (Lipinski definition) is 2. The van der Waals surface area contributed by atoms with E-state index < -0.39 is 0 Å². The molecule has 7 heavy (non-hydrogen) atoms. The largest absolute Gasteiger partial charge is 0.459 e. The molecule has 0 aliphatic carbocycles. The van der Waals surface area contributed by atoms with E-state index in [1.165, 1.54) is 0 Å². The Hall–Kier alpha value is -0.660. The van der Waals surface area contributed by atoms with Gasteiger partial charge < -0.3 is 9.47 Å². The van der Waals surface area contributed by atoms with Crippen LogP contribution in [0.2, 0.25) is 0 Å². The van der Waals surface area contributed by atoms with E-state index in [0.29, 0.717) is 0 Å². The van der Waals surface area contributed by atoms with Crippen LogP contribution in [0.25, 0.3) is 0 Å². The van der Waals surface area contributed by atoms with Gasteiger partial charge in [0.15, 0.2) is 0 Å². The molecular weight excluding hydrogens is 92.1 g/mol. The van der Waals surface area contributed by atoms with E-state index in [9.17, 15) is 0 Å². The predicted octanol–water partition coefficient (Wildman–Crippen LogP) is 1.24. The minimum atomic E-state index is -0.0139. The maximum Gasteiger partial charge on any atom is 0.239 e. The molecule has 0 atom stereocenters. The van der Waals surface area contributed by atoms with Crippen molar-refractivity contribution in [1.82, 2.24) is 0 Å². The summed E-state index contributed by atoms with van der Waals surface area (Å²) in [5.74, 6) is 0. The molecule has 0 aromatic carbocycles. The van der Waals surface area contributed by atoms with Crippen molar-refractivity contribution < 1.29 is 9.47 Å². The van der Waals surface area contributed by atoms with Crippen LogP contribution in [0.3, 0.4) is 0 Å². The van der Waals surface area contributed by atoms with Gasteiger partial charge in [0, 0.05) is 6.42 Å². The molecule has 0 amide bonds. The molecule has 0 aromatic heterocycles. The fourth-order valence-corrected chi connectivity index (χ4v) is 0.464. The Morgan fingerprint density at radius 3 is 2.29 bits per heavy atom. The minimum Gasteiger partial charge on any atom is -0.459 e. The maximum atomic E-state index is 4.90. The van der Waals surface area contributed by atoms with Gasteiger partial charge in [-0.1, -0.05) is 6.92 Å². The van der Waals surface area contributed by atoms with Crippen molar-refractivity contribution in [3.05, 3.63) is 12.5 Å². The van der Waals surface area contributed by atoms with Crippen LogP contribution < -0.4 is 0 Å². The topological polar surface area (TPSA) is 18.5 Å². The fourth-order valence-electron chi connectivity index (χ4n) is 0.464. The number of ether oxygens (including phenoxy) is 2. The SMILES string of the molecule is CCC1OC=CO1. The van der Waals surface area contributed by atoms with Crippen LogP contribution in [0, 0.1) is 0 Å². The molecule has 0 saturated carbocycles. The first kappa shape index (κ1) is 4.50. The van der Waals surface area contributed by atoms with Gasteiger partial charge in [-0.25, -0.2) is 0 Å². The van der Waals surface area contributed by atoms with Crippen LogP contribution in [0.5, 0.6) is 0 Å². The quantitative estimate of drug-likeness (QED) is 0.493. The standard InChI is InChI=1S/C5H8O2/c1-2-5-6-3-4-7-5/h3-5H,2H2,1H3. The summed E-state index contributed by atoms with van der Waals surface area (Å²) in [6.07, 6.45) is 4.02. The molecule has 1 aliphatic rings. The zero-order valence-electron chi connectivity index (χ0n) is 4.26. The lowest BCUT2D eigenvalue weighted by molar-refractivity contribution is -0.0241. The molecule has 0 unspecified atom stereocenters. The molecule has 40 valence electrons. The zero-order valence-corrected chi connectivity index (χ0v) is 4.26. The molecule has 0 aromatic rings. The Bertz CT molecular complexity index is 70.1. The highest BCUT2D eigenvalue weighted by Crippen LogP contribution is 2.06. The Morgan fingerprint density at radius 2 is 2.00 bits per heavy atom. The lowest BCUT2D eigenvalue weighted by atomic mass is 10.5. The second kappa shape index (κ2) is 1.87. The highest BCUT2D eigenvalue weighted by molar-refractivity contribution is 4.69. The molecule has 0 radical (unpaired) electrons. The third-order valence-corrected chi connectivity index (χ3v) is 0.850. The third-order valence-electron chi connectivity index (χ3n) is 0.850. The summed E-state index contributed by atoms with van der Waals surface area (Å²) in [5, 5.41) is 0. The van der Waals surface area contributed by atoms with Crippen molar-refractivity contribution in [3.63, 3.8) is 0 Å². The van der Waals surface area contributed by atoms with Crippen LogP contribution in [0.1, 0.15) is 13.3 Å². The van der Waals surface area contributed by atoms with Crippen molar-refractivity contribution in [3.8, 4) is 0 Å². The van der Waals surface area contributed by atoms with E-state index in [4.69, 9.17) is 9.47 Å². The highest BCUT2D eigenvalue weighted by Gasteiger charge is 2.06.